The van der Waals surface area contributed by atoms with Crippen LogP contribution in [-0.4, -0.2) is 23.2 Å². The first-order valence-corrected chi connectivity index (χ1v) is 3.88. The van der Waals surface area contributed by atoms with Crippen molar-refractivity contribution in [3.63, 3.8) is 0 Å². The van der Waals surface area contributed by atoms with Crippen molar-refractivity contribution in [3.05, 3.63) is 23.8 Å². The number of aromatic nitrogens is 2. The van der Waals surface area contributed by atoms with Crippen LogP contribution in [0, 0.1) is 6.92 Å². The Labute approximate surface area is 70.6 Å². The van der Waals surface area contributed by atoms with Gasteiger partial charge in [-0.15, -0.1) is 0 Å². The van der Waals surface area contributed by atoms with E-state index in [4.69, 9.17) is 9.47 Å². The minimum absolute atomic E-state index is 0.307. The average molecular weight is 166 g/mol. The van der Waals surface area contributed by atoms with Gasteiger partial charge >= 0.3 is 0 Å². The van der Waals surface area contributed by atoms with Crippen molar-refractivity contribution in [1.82, 2.24) is 9.97 Å². The van der Waals surface area contributed by atoms with Gasteiger partial charge in [-0.2, -0.15) is 0 Å². The maximum Gasteiger partial charge on any atom is 0.202 e. The smallest absolute Gasteiger partial charge is 0.202 e. The number of hydrogen-bond donors (Lipinski definition) is 0. The molecule has 0 atom stereocenters. The number of nitrogens with zero attached hydrogens (tertiary/aromatic N) is 2. The zero-order valence-electron chi connectivity index (χ0n) is 6.86. The lowest BCUT2D eigenvalue weighted by molar-refractivity contribution is -0.0475. The fourth-order valence-corrected chi connectivity index (χ4v) is 1.05. The molecular formula is C8H10N2O2. The fraction of sp³-hybridized carbons (Fsp3) is 0.500. The molecule has 0 N–H and O–H groups in total. The summed E-state index contributed by atoms with van der Waals surface area (Å²) in [4.78, 5) is 8.25. The normalized spacial score (nSPS) is 18.4. The Hall–Kier alpha value is -1.00. The van der Waals surface area contributed by atoms with Gasteiger partial charge in [0, 0.05) is 6.20 Å². The van der Waals surface area contributed by atoms with Crippen LogP contribution in [0.5, 0.6) is 0 Å². The molecule has 2 heterocycles. The van der Waals surface area contributed by atoms with Crippen LogP contribution >= 0.6 is 0 Å². The minimum Gasteiger partial charge on any atom is -0.345 e. The van der Waals surface area contributed by atoms with Crippen molar-refractivity contribution < 1.29 is 9.47 Å². The standard InChI is InChI=1S/C8H10N2O2/c1-6-4-10-7(5-9-6)8-11-2-3-12-8/h4-5,8H,2-3H2,1H3. The van der Waals surface area contributed by atoms with Gasteiger partial charge in [0.1, 0.15) is 5.69 Å². The second-order valence-corrected chi connectivity index (χ2v) is 2.66. The Bertz CT molecular complexity index is 254. The van der Waals surface area contributed by atoms with Gasteiger partial charge in [0.05, 0.1) is 25.1 Å². The molecular weight excluding hydrogens is 156 g/mol. The Morgan fingerprint density at radius 1 is 1.25 bits per heavy atom. The summed E-state index contributed by atoms with van der Waals surface area (Å²) in [6.45, 7) is 3.17. The molecule has 4 heteroatoms. The lowest BCUT2D eigenvalue weighted by Gasteiger charge is -2.06. The highest BCUT2D eigenvalue weighted by Gasteiger charge is 2.19. The molecule has 1 fully saturated rings. The maximum absolute atomic E-state index is 5.25. The van der Waals surface area contributed by atoms with Crippen LogP contribution in [0.25, 0.3) is 0 Å². The van der Waals surface area contributed by atoms with Crippen LogP contribution in [0.4, 0.5) is 0 Å². The van der Waals surface area contributed by atoms with Crippen molar-refractivity contribution in [2.75, 3.05) is 13.2 Å². The molecule has 1 aliphatic rings. The van der Waals surface area contributed by atoms with Crippen molar-refractivity contribution >= 4 is 0 Å². The first-order valence-electron chi connectivity index (χ1n) is 3.88. The predicted octanol–water partition coefficient (Wildman–Crippen LogP) is 0.830. The van der Waals surface area contributed by atoms with Crippen molar-refractivity contribution in [2.24, 2.45) is 0 Å². The second kappa shape index (κ2) is 3.16. The number of aryl methyl sites for hydroxylation is 1. The lowest BCUT2D eigenvalue weighted by atomic mass is 10.4. The van der Waals surface area contributed by atoms with Crippen LogP contribution in [0.1, 0.15) is 17.7 Å². The fourth-order valence-electron chi connectivity index (χ4n) is 1.05. The Morgan fingerprint density at radius 2 is 2.00 bits per heavy atom. The highest BCUT2D eigenvalue weighted by atomic mass is 16.7. The van der Waals surface area contributed by atoms with Crippen LogP contribution in [0.15, 0.2) is 12.4 Å². The summed E-state index contributed by atoms with van der Waals surface area (Å²) in [5.74, 6) is 0. The van der Waals surface area contributed by atoms with E-state index >= 15 is 0 Å². The van der Waals surface area contributed by atoms with Gasteiger partial charge < -0.3 is 9.47 Å². The molecule has 0 spiro atoms. The van der Waals surface area contributed by atoms with E-state index in [9.17, 15) is 0 Å². The maximum atomic E-state index is 5.25. The van der Waals surface area contributed by atoms with Gasteiger partial charge in [0.25, 0.3) is 0 Å². The van der Waals surface area contributed by atoms with E-state index < -0.39 is 0 Å². The Morgan fingerprint density at radius 3 is 2.58 bits per heavy atom. The van der Waals surface area contributed by atoms with Crippen LogP contribution in [-0.2, 0) is 9.47 Å². The molecule has 1 aliphatic heterocycles. The van der Waals surface area contributed by atoms with Crippen molar-refractivity contribution in [2.45, 2.75) is 13.2 Å². The SMILES string of the molecule is Cc1cnc(C2OCCO2)cn1. The van der Waals surface area contributed by atoms with E-state index in [-0.39, 0.29) is 6.29 Å². The summed E-state index contributed by atoms with van der Waals surface area (Å²) in [6.07, 6.45) is 3.09. The van der Waals surface area contributed by atoms with Gasteiger partial charge in [-0.05, 0) is 6.92 Å². The molecule has 0 radical (unpaired) electrons. The average Bonchev–Trinajstić information content (AvgIpc) is 2.58. The van der Waals surface area contributed by atoms with E-state index in [1.165, 1.54) is 0 Å². The molecule has 0 saturated carbocycles. The van der Waals surface area contributed by atoms with Gasteiger partial charge in [-0.3, -0.25) is 9.97 Å². The first-order chi connectivity index (χ1) is 5.86. The monoisotopic (exact) mass is 166 g/mol. The molecule has 0 amide bonds. The van der Waals surface area contributed by atoms with E-state index in [0.717, 1.165) is 11.4 Å². The van der Waals surface area contributed by atoms with E-state index in [1.54, 1.807) is 12.4 Å². The summed E-state index contributed by atoms with van der Waals surface area (Å²) >= 11 is 0. The zero-order chi connectivity index (χ0) is 8.39. The number of rotatable bonds is 1. The minimum atomic E-state index is -0.307. The molecule has 2 rings (SSSR count). The molecule has 0 aliphatic carbocycles. The van der Waals surface area contributed by atoms with Gasteiger partial charge in [0.15, 0.2) is 0 Å². The third kappa shape index (κ3) is 1.44. The molecule has 1 aromatic rings. The van der Waals surface area contributed by atoms with Crippen molar-refractivity contribution in [1.29, 1.82) is 0 Å². The third-order valence-electron chi connectivity index (χ3n) is 1.66. The van der Waals surface area contributed by atoms with Crippen LogP contribution < -0.4 is 0 Å². The Kier molecular flexibility index (Phi) is 2.01. The summed E-state index contributed by atoms with van der Waals surface area (Å²) in [6, 6.07) is 0. The third-order valence-corrected chi connectivity index (χ3v) is 1.66. The first kappa shape index (κ1) is 7.64. The zero-order valence-corrected chi connectivity index (χ0v) is 6.86. The molecule has 1 saturated heterocycles. The van der Waals surface area contributed by atoms with E-state index in [1.807, 2.05) is 6.92 Å². The largest absolute Gasteiger partial charge is 0.345 e. The molecule has 4 nitrogen and oxygen atoms in total. The van der Waals surface area contributed by atoms with Crippen LogP contribution in [0.3, 0.4) is 0 Å². The van der Waals surface area contributed by atoms with Gasteiger partial charge in [0.2, 0.25) is 6.29 Å². The van der Waals surface area contributed by atoms with Crippen molar-refractivity contribution in [3.8, 4) is 0 Å². The highest BCUT2D eigenvalue weighted by Crippen LogP contribution is 2.19. The summed E-state index contributed by atoms with van der Waals surface area (Å²) in [5, 5.41) is 0. The van der Waals surface area contributed by atoms with E-state index in [0.29, 0.717) is 13.2 Å². The molecule has 0 bridgehead atoms. The molecule has 0 unspecified atom stereocenters. The molecule has 64 valence electrons. The molecule has 0 aromatic carbocycles. The summed E-state index contributed by atoms with van der Waals surface area (Å²) in [5.41, 5.74) is 1.65. The summed E-state index contributed by atoms with van der Waals surface area (Å²) < 4.78 is 10.5. The van der Waals surface area contributed by atoms with Gasteiger partial charge in [-0.1, -0.05) is 0 Å². The second-order valence-electron chi connectivity index (χ2n) is 2.66. The van der Waals surface area contributed by atoms with Crippen LogP contribution in [0.2, 0.25) is 0 Å². The number of hydrogen-bond acceptors (Lipinski definition) is 4. The lowest BCUT2D eigenvalue weighted by Crippen LogP contribution is -2.01. The highest BCUT2D eigenvalue weighted by molar-refractivity contribution is 5.02. The Balaban J connectivity index is 2.17. The van der Waals surface area contributed by atoms with Gasteiger partial charge in [-0.25, -0.2) is 0 Å². The summed E-state index contributed by atoms with van der Waals surface area (Å²) in [7, 11) is 0. The van der Waals surface area contributed by atoms with E-state index in [2.05, 4.69) is 9.97 Å². The number of ether oxygens (including phenoxy) is 2. The molecule has 12 heavy (non-hydrogen) atoms. The quantitative estimate of drug-likeness (QED) is 0.619. The predicted molar refractivity (Wildman–Crippen MR) is 41.4 cm³/mol. The topological polar surface area (TPSA) is 44.2 Å². The molecule has 1 aromatic heterocycles.